The minimum atomic E-state index is -4.41. The average Bonchev–Trinajstić information content (AvgIpc) is 2.94. The molecule has 3 nitrogen and oxygen atoms in total. The van der Waals surface area contributed by atoms with E-state index in [9.17, 15) is 18.0 Å². The molecule has 2 aromatic carbocycles. The highest BCUT2D eigenvalue weighted by atomic mass is 19.4. The molecule has 22 heavy (non-hydrogen) atoms. The molecule has 0 bridgehead atoms. The number of halogens is 3. The maximum Gasteiger partial charge on any atom is 0.416 e. The number of rotatable bonds is 2. The molecule has 6 heteroatoms. The van der Waals surface area contributed by atoms with Crippen molar-refractivity contribution in [3.63, 3.8) is 0 Å². The van der Waals surface area contributed by atoms with E-state index in [1.54, 1.807) is 24.4 Å². The Kier molecular flexibility index (Phi) is 3.36. The van der Waals surface area contributed by atoms with E-state index >= 15 is 0 Å². The molecular formula is C16H10F3NO2. The Hall–Kier alpha value is -2.76. The van der Waals surface area contributed by atoms with Gasteiger partial charge in [-0.25, -0.2) is 4.79 Å². The number of aromatic nitrogens is 1. The summed E-state index contributed by atoms with van der Waals surface area (Å²) in [4.78, 5) is 15.0. The first-order chi connectivity index (χ1) is 10.4. The van der Waals surface area contributed by atoms with E-state index in [2.05, 4.69) is 4.98 Å². The van der Waals surface area contributed by atoms with Gasteiger partial charge in [0.25, 0.3) is 0 Å². The van der Waals surface area contributed by atoms with Crippen LogP contribution in [0.5, 0.6) is 5.75 Å². The van der Waals surface area contributed by atoms with Gasteiger partial charge >= 0.3 is 12.1 Å². The predicted octanol–water partition coefficient (Wildman–Crippen LogP) is 4.41. The molecule has 1 N–H and O–H groups in total. The minimum Gasteiger partial charge on any atom is -0.423 e. The number of nitrogens with one attached hydrogen (secondary N) is 1. The number of carbonyl (C=O) groups excluding carboxylic acids is 1. The molecule has 0 spiro atoms. The molecule has 0 aliphatic rings. The molecule has 112 valence electrons. The first-order valence-electron chi connectivity index (χ1n) is 6.40. The molecule has 0 aliphatic carbocycles. The summed E-state index contributed by atoms with van der Waals surface area (Å²) in [6, 6.07) is 10.8. The fraction of sp³-hybridized carbons (Fsp3) is 0.0625. The molecule has 0 fully saturated rings. The lowest BCUT2D eigenvalue weighted by molar-refractivity contribution is -0.137. The SMILES string of the molecule is O=C(Oc1ccc(C(F)(F)F)cc1)c1ccc2[nH]ccc2c1. The van der Waals surface area contributed by atoms with Crippen LogP contribution in [-0.2, 0) is 6.18 Å². The van der Waals surface area contributed by atoms with Gasteiger partial charge in [0.2, 0.25) is 0 Å². The zero-order chi connectivity index (χ0) is 15.7. The number of aromatic amines is 1. The maximum atomic E-state index is 12.5. The molecule has 0 aliphatic heterocycles. The van der Waals surface area contributed by atoms with Crippen LogP contribution in [-0.4, -0.2) is 11.0 Å². The second-order valence-corrected chi connectivity index (χ2v) is 4.69. The van der Waals surface area contributed by atoms with Crippen molar-refractivity contribution in [3.8, 4) is 5.75 Å². The van der Waals surface area contributed by atoms with Gasteiger partial charge in [-0.3, -0.25) is 0 Å². The van der Waals surface area contributed by atoms with Crippen LogP contribution in [0.25, 0.3) is 10.9 Å². The number of fused-ring (bicyclic) bond motifs is 1. The van der Waals surface area contributed by atoms with Gasteiger partial charge in [-0.05, 0) is 48.5 Å². The smallest absolute Gasteiger partial charge is 0.416 e. The van der Waals surface area contributed by atoms with Crippen molar-refractivity contribution < 1.29 is 22.7 Å². The van der Waals surface area contributed by atoms with E-state index in [-0.39, 0.29) is 5.75 Å². The van der Waals surface area contributed by atoms with Crippen LogP contribution in [0.3, 0.4) is 0 Å². The number of ether oxygens (including phenoxy) is 1. The van der Waals surface area contributed by atoms with E-state index in [0.29, 0.717) is 5.56 Å². The average molecular weight is 305 g/mol. The lowest BCUT2D eigenvalue weighted by atomic mass is 10.1. The fourth-order valence-corrected chi connectivity index (χ4v) is 2.06. The third-order valence-electron chi connectivity index (χ3n) is 3.18. The molecule has 0 saturated heterocycles. The molecule has 3 rings (SSSR count). The molecule has 0 amide bonds. The largest absolute Gasteiger partial charge is 0.423 e. The third kappa shape index (κ3) is 2.81. The summed E-state index contributed by atoms with van der Waals surface area (Å²) in [6.07, 6.45) is -2.67. The van der Waals surface area contributed by atoms with E-state index in [1.165, 1.54) is 0 Å². The maximum absolute atomic E-state index is 12.5. The van der Waals surface area contributed by atoms with Crippen molar-refractivity contribution >= 4 is 16.9 Å². The highest BCUT2D eigenvalue weighted by molar-refractivity contribution is 5.95. The first kappa shape index (κ1) is 14.2. The van der Waals surface area contributed by atoms with Crippen molar-refractivity contribution in [2.45, 2.75) is 6.18 Å². The highest BCUT2D eigenvalue weighted by Gasteiger charge is 2.30. The Morgan fingerprint density at radius 1 is 1.00 bits per heavy atom. The zero-order valence-corrected chi connectivity index (χ0v) is 11.1. The molecule has 1 aromatic heterocycles. The van der Waals surface area contributed by atoms with Gasteiger partial charge in [0.05, 0.1) is 11.1 Å². The topological polar surface area (TPSA) is 42.1 Å². The molecule has 0 atom stereocenters. The molecule has 0 saturated carbocycles. The lowest BCUT2D eigenvalue weighted by Gasteiger charge is -2.08. The van der Waals surface area contributed by atoms with Crippen molar-refractivity contribution in [1.82, 2.24) is 4.98 Å². The summed E-state index contributed by atoms with van der Waals surface area (Å²) in [5.74, 6) is -0.560. The Morgan fingerprint density at radius 2 is 1.73 bits per heavy atom. The van der Waals surface area contributed by atoms with Crippen LogP contribution in [0.1, 0.15) is 15.9 Å². The van der Waals surface area contributed by atoms with Crippen molar-refractivity contribution in [2.24, 2.45) is 0 Å². The number of hydrogen-bond donors (Lipinski definition) is 1. The summed E-state index contributed by atoms with van der Waals surface area (Å²) >= 11 is 0. The second-order valence-electron chi connectivity index (χ2n) is 4.69. The van der Waals surface area contributed by atoms with Gasteiger partial charge in [0.15, 0.2) is 0 Å². The number of carbonyl (C=O) groups is 1. The standard InChI is InChI=1S/C16H10F3NO2/c17-16(18,19)12-2-4-13(5-3-12)22-15(21)11-1-6-14-10(9-11)7-8-20-14/h1-9,20H. The van der Waals surface area contributed by atoms with Crippen LogP contribution in [0.2, 0.25) is 0 Å². The van der Waals surface area contributed by atoms with Crippen LogP contribution in [0.15, 0.2) is 54.7 Å². The lowest BCUT2D eigenvalue weighted by Crippen LogP contribution is -2.09. The monoisotopic (exact) mass is 305 g/mol. The Labute approximate surface area is 123 Å². The number of hydrogen-bond acceptors (Lipinski definition) is 2. The predicted molar refractivity (Wildman–Crippen MR) is 74.7 cm³/mol. The van der Waals surface area contributed by atoms with E-state index in [4.69, 9.17) is 4.74 Å². The summed E-state index contributed by atoms with van der Waals surface area (Å²) in [7, 11) is 0. The summed E-state index contributed by atoms with van der Waals surface area (Å²) < 4.78 is 42.4. The number of benzene rings is 2. The molecule has 1 heterocycles. The zero-order valence-electron chi connectivity index (χ0n) is 11.1. The van der Waals surface area contributed by atoms with E-state index in [1.807, 2.05) is 6.07 Å². The van der Waals surface area contributed by atoms with Gasteiger partial charge in [0, 0.05) is 17.1 Å². The van der Waals surface area contributed by atoms with E-state index < -0.39 is 17.7 Å². The number of alkyl halides is 3. The molecular weight excluding hydrogens is 295 g/mol. The molecule has 3 aromatic rings. The number of esters is 1. The molecule has 0 radical (unpaired) electrons. The summed E-state index contributed by atoms with van der Waals surface area (Å²) in [5, 5.41) is 0.849. The highest BCUT2D eigenvalue weighted by Crippen LogP contribution is 2.30. The van der Waals surface area contributed by atoms with E-state index in [0.717, 1.165) is 35.2 Å². The van der Waals surface area contributed by atoms with Gasteiger partial charge < -0.3 is 9.72 Å². The Morgan fingerprint density at radius 3 is 2.41 bits per heavy atom. The fourth-order valence-electron chi connectivity index (χ4n) is 2.06. The molecule has 0 unspecified atom stereocenters. The Balaban J connectivity index is 1.78. The summed E-state index contributed by atoms with van der Waals surface area (Å²) in [6.45, 7) is 0. The van der Waals surface area contributed by atoms with Crippen LogP contribution < -0.4 is 4.74 Å². The summed E-state index contributed by atoms with van der Waals surface area (Å²) in [5.41, 5.74) is 0.416. The van der Waals surface area contributed by atoms with Gasteiger partial charge in [-0.1, -0.05) is 0 Å². The van der Waals surface area contributed by atoms with Crippen molar-refractivity contribution in [2.75, 3.05) is 0 Å². The minimum absolute atomic E-state index is 0.0622. The normalized spacial score (nSPS) is 11.6. The van der Waals surface area contributed by atoms with Gasteiger partial charge in [-0.15, -0.1) is 0 Å². The second kappa shape index (κ2) is 5.22. The number of H-pyrrole nitrogens is 1. The third-order valence-corrected chi connectivity index (χ3v) is 3.18. The van der Waals surface area contributed by atoms with Gasteiger partial charge in [0.1, 0.15) is 5.75 Å². The van der Waals surface area contributed by atoms with Crippen molar-refractivity contribution in [3.05, 3.63) is 65.9 Å². The first-order valence-corrected chi connectivity index (χ1v) is 6.40. The van der Waals surface area contributed by atoms with Crippen LogP contribution in [0, 0.1) is 0 Å². The van der Waals surface area contributed by atoms with Crippen LogP contribution >= 0.6 is 0 Å². The van der Waals surface area contributed by atoms with Gasteiger partial charge in [-0.2, -0.15) is 13.2 Å². The Bertz CT molecular complexity index is 819. The van der Waals surface area contributed by atoms with Crippen LogP contribution in [0.4, 0.5) is 13.2 Å². The van der Waals surface area contributed by atoms with Crippen molar-refractivity contribution in [1.29, 1.82) is 0 Å². The quantitative estimate of drug-likeness (QED) is 0.563.